The van der Waals surface area contributed by atoms with Crippen LogP contribution in [0.5, 0.6) is 0 Å². The summed E-state index contributed by atoms with van der Waals surface area (Å²) in [7, 11) is -3.87. The van der Waals surface area contributed by atoms with Crippen molar-refractivity contribution in [2.45, 2.75) is 17.4 Å². The fraction of sp³-hybridized carbons (Fsp3) is 0.0909. The number of hydrogen-bond donors (Lipinski definition) is 2. The van der Waals surface area contributed by atoms with Gasteiger partial charge in [-0.2, -0.15) is 0 Å². The van der Waals surface area contributed by atoms with Gasteiger partial charge in [-0.15, -0.1) is 0 Å². The molecule has 0 aliphatic carbocycles. The first-order chi connectivity index (χ1) is 15.7. The van der Waals surface area contributed by atoms with Crippen LogP contribution in [0.3, 0.4) is 0 Å². The normalized spacial score (nSPS) is 15.4. The Labute approximate surface area is 194 Å². The predicted molar refractivity (Wildman–Crippen MR) is 125 cm³/mol. The van der Waals surface area contributed by atoms with Gasteiger partial charge in [0.05, 0.1) is 9.82 Å². The number of amides is 1. The van der Waals surface area contributed by atoms with Gasteiger partial charge in [-0.1, -0.05) is 35.9 Å². The molecule has 11 heteroatoms. The lowest BCUT2D eigenvalue weighted by Gasteiger charge is -2.09. The maximum atomic E-state index is 12.8. The van der Waals surface area contributed by atoms with Crippen LogP contribution in [0.4, 0.5) is 17.1 Å². The Morgan fingerprint density at radius 3 is 2.58 bits per heavy atom. The number of para-hydroxylation sites is 2. The number of rotatable bonds is 7. The van der Waals surface area contributed by atoms with Crippen LogP contribution in [0.25, 0.3) is 0 Å². The molecule has 1 heterocycles. The average molecular weight is 485 g/mol. The highest BCUT2D eigenvalue weighted by Gasteiger charge is 2.31. The summed E-state index contributed by atoms with van der Waals surface area (Å²) < 4.78 is 28.1. The van der Waals surface area contributed by atoms with E-state index in [4.69, 9.17) is 11.6 Å². The minimum atomic E-state index is -3.87. The van der Waals surface area contributed by atoms with Crippen LogP contribution < -0.4 is 10.0 Å². The van der Waals surface area contributed by atoms with E-state index in [0.717, 1.165) is 5.56 Å². The first kappa shape index (κ1) is 22.6. The highest BCUT2D eigenvalue weighted by Crippen LogP contribution is 2.34. The van der Waals surface area contributed by atoms with E-state index in [2.05, 4.69) is 15.0 Å². The standard InChI is InChI=1S/C22H17ClN4O5S/c23-15-7-5-14(6-8-15)12-25-33(31,32)16-9-10-19-17(11-16)18(22(28)26-19)13-24-20-3-1-2-4-21(20)27(29)30/h1-11,13,18,25H,12H2,(H,26,28). The molecule has 9 nitrogen and oxygen atoms in total. The van der Waals surface area contributed by atoms with E-state index in [-0.39, 0.29) is 22.8 Å². The third kappa shape index (κ3) is 4.92. The third-order valence-electron chi connectivity index (χ3n) is 5.03. The molecule has 4 rings (SSSR count). The predicted octanol–water partition coefficient (Wildman–Crippen LogP) is 4.16. The molecule has 1 aliphatic heterocycles. The summed E-state index contributed by atoms with van der Waals surface area (Å²) >= 11 is 5.85. The summed E-state index contributed by atoms with van der Waals surface area (Å²) in [4.78, 5) is 27.2. The quantitative estimate of drug-likeness (QED) is 0.295. The first-order valence-electron chi connectivity index (χ1n) is 9.71. The van der Waals surface area contributed by atoms with Gasteiger partial charge in [0.25, 0.3) is 5.69 Å². The van der Waals surface area contributed by atoms with Crippen LogP contribution in [0.1, 0.15) is 17.0 Å². The highest BCUT2D eigenvalue weighted by atomic mass is 35.5. The number of carbonyl (C=O) groups excluding carboxylic acids is 1. The van der Waals surface area contributed by atoms with Crippen LogP contribution in [-0.4, -0.2) is 25.5 Å². The lowest BCUT2D eigenvalue weighted by molar-refractivity contribution is -0.384. The number of nitrogens with one attached hydrogen (secondary N) is 2. The van der Waals surface area contributed by atoms with Gasteiger partial charge in [0, 0.05) is 29.5 Å². The van der Waals surface area contributed by atoms with E-state index in [1.165, 1.54) is 42.6 Å². The van der Waals surface area contributed by atoms with Gasteiger partial charge >= 0.3 is 0 Å². The van der Waals surface area contributed by atoms with Gasteiger partial charge < -0.3 is 5.32 Å². The van der Waals surface area contributed by atoms with E-state index in [1.54, 1.807) is 30.3 Å². The summed E-state index contributed by atoms with van der Waals surface area (Å²) in [6.07, 6.45) is 1.28. The Morgan fingerprint density at radius 1 is 1.12 bits per heavy atom. The number of carbonyl (C=O) groups is 1. The van der Waals surface area contributed by atoms with Gasteiger partial charge in [-0.25, -0.2) is 13.1 Å². The molecule has 3 aromatic carbocycles. The topological polar surface area (TPSA) is 131 Å². The number of hydrogen-bond acceptors (Lipinski definition) is 6. The van der Waals surface area contributed by atoms with Crippen molar-refractivity contribution in [1.82, 2.24) is 4.72 Å². The van der Waals surface area contributed by atoms with Gasteiger partial charge in [-0.3, -0.25) is 19.9 Å². The molecule has 1 amide bonds. The molecule has 0 aromatic heterocycles. The number of halogens is 1. The zero-order valence-corrected chi connectivity index (χ0v) is 18.5. The van der Waals surface area contributed by atoms with Crippen molar-refractivity contribution in [2.75, 3.05) is 5.32 Å². The molecular formula is C22H17ClN4O5S. The van der Waals surface area contributed by atoms with Crippen LogP contribution in [0.15, 0.2) is 76.6 Å². The molecule has 1 atom stereocenters. The lowest BCUT2D eigenvalue weighted by atomic mass is 10.0. The Hall–Kier alpha value is -3.60. The van der Waals surface area contributed by atoms with Gasteiger partial charge in [-0.05, 0) is 47.5 Å². The Kier molecular flexibility index (Phi) is 6.23. The SMILES string of the molecule is O=C1Nc2ccc(S(=O)(=O)NCc3ccc(Cl)cc3)cc2C1C=Nc1ccccc1[N+](=O)[O-]. The van der Waals surface area contributed by atoms with Gasteiger partial charge in [0.2, 0.25) is 15.9 Å². The zero-order valence-electron chi connectivity index (χ0n) is 16.9. The summed E-state index contributed by atoms with van der Waals surface area (Å²) in [5.74, 6) is -1.30. The van der Waals surface area contributed by atoms with Crippen molar-refractivity contribution in [2.24, 2.45) is 4.99 Å². The lowest BCUT2D eigenvalue weighted by Crippen LogP contribution is -2.23. The van der Waals surface area contributed by atoms with Crippen LogP contribution in [0.2, 0.25) is 5.02 Å². The fourth-order valence-electron chi connectivity index (χ4n) is 3.33. The average Bonchev–Trinajstić information content (AvgIpc) is 3.11. The number of aliphatic imine (C=N–C) groups is 1. The molecule has 0 saturated heterocycles. The van der Waals surface area contributed by atoms with Crippen LogP contribution in [0, 0.1) is 10.1 Å². The molecule has 0 spiro atoms. The molecule has 2 N–H and O–H groups in total. The van der Waals surface area contributed by atoms with Crippen molar-refractivity contribution < 1.29 is 18.1 Å². The molecule has 33 heavy (non-hydrogen) atoms. The molecule has 1 aliphatic rings. The maximum absolute atomic E-state index is 12.8. The van der Waals surface area contributed by atoms with Crippen molar-refractivity contribution in [3.05, 3.63) is 93.0 Å². The summed E-state index contributed by atoms with van der Waals surface area (Å²) in [6.45, 7) is 0.0658. The minimum Gasteiger partial charge on any atom is -0.325 e. The Balaban J connectivity index is 1.59. The molecule has 0 saturated carbocycles. The molecule has 1 unspecified atom stereocenters. The fourth-order valence-corrected chi connectivity index (χ4v) is 4.50. The smallest absolute Gasteiger partial charge is 0.294 e. The van der Waals surface area contributed by atoms with Crippen LogP contribution in [-0.2, 0) is 21.4 Å². The van der Waals surface area contributed by atoms with Gasteiger partial charge in [0.1, 0.15) is 11.6 Å². The van der Waals surface area contributed by atoms with E-state index in [0.29, 0.717) is 16.3 Å². The second-order valence-electron chi connectivity index (χ2n) is 7.19. The molecular weight excluding hydrogens is 468 g/mol. The number of nitro benzene ring substituents is 1. The molecule has 168 valence electrons. The monoisotopic (exact) mass is 484 g/mol. The summed E-state index contributed by atoms with van der Waals surface area (Å²) in [5, 5.41) is 14.4. The second-order valence-corrected chi connectivity index (χ2v) is 9.39. The number of anilines is 1. The molecule has 3 aromatic rings. The largest absolute Gasteiger partial charge is 0.325 e. The van der Waals surface area contributed by atoms with Crippen molar-refractivity contribution in [3.8, 4) is 0 Å². The minimum absolute atomic E-state index is 0.0178. The number of nitrogens with zero attached hydrogens (tertiary/aromatic N) is 2. The summed E-state index contributed by atoms with van der Waals surface area (Å²) in [6, 6.07) is 16.9. The number of nitro groups is 1. The molecule has 0 radical (unpaired) electrons. The summed E-state index contributed by atoms with van der Waals surface area (Å²) in [5.41, 5.74) is 1.50. The van der Waals surface area contributed by atoms with Crippen LogP contribution >= 0.6 is 11.6 Å². The number of sulfonamides is 1. The molecule has 0 fully saturated rings. The Morgan fingerprint density at radius 2 is 1.85 bits per heavy atom. The van der Waals surface area contributed by atoms with E-state index in [1.807, 2.05) is 0 Å². The van der Waals surface area contributed by atoms with Crippen molar-refractivity contribution in [3.63, 3.8) is 0 Å². The van der Waals surface area contributed by atoms with Gasteiger partial charge in [0.15, 0.2) is 0 Å². The Bertz CT molecular complexity index is 1370. The number of fused-ring (bicyclic) bond motifs is 1. The highest BCUT2D eigenvalue weighted by molar-refractivity contribution is 7.89. The second kappa shape index (κ2) is 9.10. The maximum Gasteiger partial charge on any atom is 0.294 e. The third-order valence-corrected chi connectivity index (χ3v) is 6.68. The number of benzene rings is 3. The molecule has 0 bridgehead atoms. The van der Waals surface area contributed by atoms with Crippen molar-refractivity contribution >= 4 is 50.8 Å². The van der Waals surface area contributed by atoms with E-state index >= 15 is 0 Å². The van der Waals surface area contributed by atoms with E-state index in [9.17, 15) is 23.3 Å². The first-order valence-corrected chi connectivity index (χ1v) is 11.6. The van der Waals surface area contributed by atoms with Crippen molar-refractivity contribution in [1.29, 1.82) is 0 Å². The zero-order chi connectivity index (χ0) is 23.6. The van der Waals surface area contributed by atoms with E-state index < -0.39 is 26.8 Å².